The molecule has 100 valence electrons. The van der Waals surface area contributed by atoms with E-state index in [1.54, 1.807) is 0 Å². The van der Waals surface area contributed by atoms with E-state index in [0.717, 1.165) is 25.4 Å². The predicted octanol–water partition coefficient (Wildman–Crippen LogP) is 2.77. The van der Waals surface area contributed by atoms with Crippen molar-refractivity contribution in [2.24, 2.45) is 5.92 Å². The van der Waals surface area contributed by atoms with E-state index in [0.29, 0.717) is 18.6 Å². The zero-order valence-corrected chi connectivity index (χ0v) is 11.3. The van der Waals surface area contributed by atoms with Gasteiger partial charge in [-0.2, -0.15) is 0 Å². The lowest BCUT2D eigenvalue weighted by atomic mass is 9.94. The summed E-state index contributed by atoms with van der Waals surface area (Å²) in [5, 5.41) is 3.40. The van der Waals surface area contributed by atoms with E-state index in [2.05, 4.69) is 23.5 Å². The number of ether oxygens (including phenoxy) is 2. The predicted molar refractivity (Wildman–Crippen MR) is 73.0 cm³/mol. The van der Waals surface area contributed by atoms with E-state index < -0.39 is 0 Å². The van der Waals surface area contributed by atoms with Crippen molar-refractivity contribution in [2.75, 3.05) is 26.9 Å². The molecule has 0 aliphatic carbocycles. The lowest BCUT2D eigenvalue weighted by Gasteiger charge is -2.20. The Kier molecular flexibility index (Phi) is 5.02. The molecular weight excluding hydrogens is 226 g/mol. The van der Waals surface area contributed by atoms with Crippen LogP contribution in [0, 0.1) is 5.92 Å². The molecule has 0 amide bonds. The van der Waals surface area contributed by atoms with Gasteiger partial charge >= 0.3 is 0 Å². The number of rotatable bonds is 6. The van der Waals surface area contributed by atoms with Crippen LogP contribution in [0.5, 0.6) is 5.75 Å². The van der Waals surface area contributed by atoms with Crippen LogP contribution < -0.4 is 10.1 Å². The molecule has 2 rings (SSSR count). The third-order valence-corrected chi connectivity index (χ3v) is 3.51. The quantitative estimate of drug-likeness (QED) is 0.841. The highest BCUT2D eigenvalue weighted by atomic mass is 16.5. The van der Waals surface area contributed by atoms with Crippen molar-refractivity contribution in [1.29, 1.82) is 0 Å². The lowest BCUT2D eigenvalue weighted by Crippen LogP contribution is -2.20. The van der Waals surface area contributed by atoms with Crippen LogP contribution in [0.25, 0.3) is 0 Å². The van der Waals surface area contributed by atoms with Gasteiger partial charge in [0.25, 0.3) is 0 Å². The normalized spacial score (nSPS) is 20.9. The minimum Gasteiger partial charge on any atom is -0.494 e. The Morgan fingerprint density at radius 3 is 3.06 bits per heavy atom. The van der Waals surface area contributed by atoms with Crippen molar-refractivity contribution in [3.63, 3.8) is 0 Å². The van der Waals surface area contributed by atoms with Gasteiger partial charge in [-0.05, 0) is 50.4 Å². The van der Waals surface area contributed by atoms with Crippen molar-refractivity contribution in [2.45, 2.75) is 25.8 Å². The van der Waals surface area contributed by atoms with Crippen LogP contribution >= 0.6 is 0 Å². The summed E-state index contributed by atoms with van der Waals surface area (Å²) in [6.07, 6.45) is 2.31. The molecule has 18 heavy (non-hydrogen) atoms. The third-order valence-electron chi connectivity index (χ3n) is 3.51. The van der Waals surface area contributed by atoms with Crippen molar-refractivity contribution in [3.05, 3.63) is 29.8 Å². The minimum absolute atomic E-state index is 0.386. The first-order valence-corrected chi connectivity index (χ1v) is 6.81. The molecule has 1 aromatic rings. The summed E-state index contributed by atoms with van der Waals surface area (Å²) in [4.78, 5) is 0. The first-order chi connectivity index (χ1) is 8.83. The molecular formula is C15H23NO2. The average molecular weight is 249 g/mol. The van der Waals surface area contributed by atoms with Crippen LogP contribution in [0.15, 0.2) is 24.3 Å². The number of benzene rings is 1. The Bertz CT molecular complexity index is 361. The smallest absolute Gasteiger partial charge is 0.119 e. The van der Waals surface area contributed by atoms with Gasteiger partial charge in [-0.15, -0.1) is 0 Å². The summed E-state index contributed by atoms with van der Waals surface area (Å²) in [7, 11) is 2.02. The van der Waals surface area contributed by atoms with E-state index in [1.165, 1.54) is 12.0 Å². The van der Waals surface area contributed by atoms with E-state index in [4.69, 9.17) is 9.47 Å². The molecule has 0 aromatic heterocycles. The topological polar surface area (TPSA) is 30.5 Å². The average Bonchev–Trinajstić information content (AvgIpc) is 2.89. The van der Waals surface area contributed by atoms with Gasteiger partial charge in [-0.3, -0.25) is 0 Å². The van der Waals surface area contributed by atoms with Crippen molar-refractivity contribution in [3.8, 4) is 5.75 Å². The maximum Gasteiger partial charge on any atom is 0.119 e. The molecule has 1 aromatic carbocycles. The van der Waals surface area contributed by atoms with Gasteiger partial charge in [0.15, 0.2) is 0 Å². The van der Waals surface area contributed by atoms with Crippen molar-refractivity contribution >= 4 is 0 Å². The standard InChI is InChI=1S/C15H23NO2/c1-3-18-14-6-4-5-13(10-14)15(16-2)9-12-7-8-17-11-12/h4-6,10,12,15-16H,3,7-9,11H2,1-2H3. The zero-order valence-electron chi connectivity index (χ0n) is 11.3. The molecule has 0 spiro atoms. The molecule has 0 saturated carbocycles. The van der Waals surface area contributed by atoms with Crippen LogP contribution in [0.1, 0.15) is 31.4 Å². The summed E-state index contributed by atoms with van der Waals surface area (Å²) < 4.78 is 11.0. The van der Waals surface area contributed by atoms with E-state index in [1.807, 2.05) is 20.0 Å². The fraction of sp³-hybridized carbons (Fsp3) is 0.600. The number of hydrogen-bond donors (Lipinski definition) is 1. The van der Waals surface area contributed by atoms with Crippen LogP contribution in [-0.4, -0.2) is 26.9 Å². The van der Waals surface area contributed by atoms with Gasteiger partial charge in [0, 0.05) is 19.3 Å². The summed E-state index contributed by atoms with van der Waals surface area (Å²) in [5.74, 6) is 1.64. The fourth-order valence-corrected chi connectivity index (χ4v) is 2.51. The monoisotopic (exact) mass is 249 g/mol. The van der Waals surface area contributed by atoms with Crippen LogP contribution in [0.4, 0.5) is 0 Å². The Morgan fingerprint density at radius 1 is 1.50 bits per heavy atom. The highest BCUT2D eigenvalue weighted by Gasteiger charge is 2.21. The molecule has 3 nitrogen and oxygen atoms in total. The molecule has 0 bridgehead atoms. The molecule has 1 aliphatic heterocycles. The highest BCUT2D eigenvalue weighted by molar-refractivity contribution is 5.30. The molecule has 1 aliphatic rings. The largest absolute Gasteiger partial charge is 0.494 e. The lowest BCUT2D eigenvalue weighted by molar-refractivity contribution is 0.181. The van der Waals surface area contributed by atoms with Crippen LogP contribution in [0.3, 0.4) is 0 Å². The second-order valence-corrected chi connectivity index (χ2v) is 4.81. The zero-order chi connectivity index (χ0) is 12.8. The molecule has 2 atom stereocenters. The molecule has 1 saturated heterocycles. The Labute approximate surface area is 109 Å². The molecule has 3 heteroatoms. The second kappa shape index (κ2) is 6.76. The molecule has 2 unspecified atom stereocenters. The Hall–Kier alpha value is -1.06. The maximum atomic E-state index is 5.56. The first-order valence-electron chi connectivity index (χ1n) is 6.81. The van der Waals surface area contributed by atoms with Crippen molar-refractivity contribution in [1.82, 2.24) is 5.32 Å². The maximum absolute atomic E-state index is 5.56. The first kappa shape index (κ1) is 13.4. The minimum atomic E-state index is 0.386. The van der Waals surface area contributed by atoms with Crippen LogP contribution in [0.2, 0.25) is 0 Å². The van der Waals surface area contributed by atoms with Gasteiger partial charge in [0.05, 0.1) is 6.61 Å². The van der Waals surface area contributed by atoms with Gasteiger partial charge in [-0.25, -0.2) is 0 Å². The summed E-state index contributed by atoms with van der Waals surface area (Å²) >= 11 is 0. The van der Waals surface area contributed by atoms with E-state index in [-0.39, 0.29) is 0 Å². The third kappa shape index (κ3) is 3.47. The Balaban J connectivity index is 2.03. The van der Waals surface area contributed by atoms with Gasteiger partial charge in [0.1, 0.15) is 5.75 Å². The van der Waals surface area contributed by atoms with E-state index >= 15 is 0 Å². The molecule has 1 fully saturated rings. The molecule has 0 radical (unpaired) electrons. The summed E-state index contributed by atoms with van der Waals surface area (Å²) in [5.41, 5.74) is 1.30. The van der Waals surface area contributed by atoms with Crippen molar-refractivity contribution < 1.29 is 9.47 Å². The summed E-state index contributed by atoms with van der Waals surface area (Å²) in [6.45, 7) is 4.55. The SMILES string of the molecule is CCOc1cccc(C(CC2CCOC2)NC)c1. The highest BCUT2D eigenvalue weighted by Crippen LogP contribution is 2.28. The van der Waals surface area contributed by atoms with Crippen LogP contribution in [-0.2, 0) is 4.74 Å². The van der Waals surface area contributed by atoms with Gasteiger partial charge in [-0.1, -0.05) is 12.1 Å². The van der Waals surface area contributed by atoms with Gasteiger partial charge < -0.3 is 14.8 Å². The Morgan fingerprint density at radius 2 is 2.39 bits per heavy atom. The summed E-state index contributed by atoms with van der Waals surface area (Å²) in [6, 6.07) is 8.77. The number of hydrogen-bond acceptors (Lipinski definition) is 3. The fourth-order valence-electron chi connectivity index (χ4n) is 2.51. The second-order valence-electron chi connectivity index (χ2n) is 4.81. The molecule has 1 N–H and O–H groups in total. The number of nitrogens with one attached hydrogen (secondary N) is 1. The van der Waals surface area contributed by atoms with E-state index in [9.17, 15) is 0 Å². The van der Waals surface area contributed by atoms with Gasteiger partial charge in [0.2, 0.25) is 0 Å². The molecule has 1 heterocycles.